The lowest BCUT2D eigenvalue weighted by Crippen LogP contribution is -2.07. The van der Waals surface area contributed by atoms with Crippen molar-refractivity contribution in [1.29, 1.82) is 0 Å². The van der Waals surface area contributed by atoms with Crippen molar-refractivity contribution in [2.24, 2.45) is 0 Å². The molecule has 0 bridgehead atoms. The monoisotopic (exact) mass is 426 g/mol. The molecule has 0 atom stereocenters. The molecular weight excluding hydrogens is 411 g/mol. The minimum Gasteiger partial charge on any atom is -0.465 e. The van der Waals surface area contributed by atoms with E-state index < -0.39 is 0 Å². The number of fused-ring (bicyclic) bond motifs is 1. The average molecular weight is 427 g/mol. The molecule has 29 heavy (non-hydrogen) atoms. The summed E-state index contributed by atoms with van der Waals surface area (Å²) < 4.78 is 6.46. The lowest BCUT2D eigenvalue weighted by atomic mass is 10.1. The molecule has 0 aliphatic carbocycles. The van der Waals surface area contributed by atoms with Crippen LogP contribution in [0.3, 0.4) is 0 Å². The number of benzene rings is 2. The fourth-order valence-corrected chi connectivity index (χ4v) is 3.41. The van der Waals surface area contributed by atoms with E-state index in [1.165, 1.54) is 7.11 Å². The van der Waals surface area contributed by atoms with Gasteiger partial charge in [0, 0.05) is 34.3 Å². The second-order valence-electron chi connectivity index (χ2n) is 6.29. The van der Waals surface area contributed by atoms with E-state index in [1.807, 2.05) is 30.3 Å². The first-order valence-corrected chi connectivity index (χ1v) is 9.52. The van der Waals surface area contributed by atoms with Crippen molar-refractivity contribution in [2.45, 2.75) is 6.54 Å². The summed E-state index contributed by atoms with van der Waals surface area (Å²) in [5, 5.41) is 8.87. The number of anilines is 1. The summed E-state index contributed by atoms with van der Waals surface area (Å²) in [6.45, 7) is 0.496. The maximum absolute atomic E-state index is 11.6. The molecule has 0 amide bonds. The highest BCUT2D eigenvalue weighted by Gasteiger charge is 2.11. The van der Waals surface area contributed by atoms with E-state index in [2.05, 4.69) is 15.4 Å². The van der Waals surface area contributed by atoms with E-state index in [-0.39, 0.29) is 5.97 Å². The molecule has 2 aromatic carbocycles. The van der Waals surface area contributed by atoms with Crippen LogP contribution in [-0.4, -0.2) is 27.7 Å². The van der Waals surface area contributed by atoms with Gasteiger partial charge in [-0.25, -0.2) is 9.78 Å². The van der Waals surface area contributed by atoms with Crippen molar-refractivity contribution < 1.29 is 9.53 Å². The third-order valence-electron chi connectivity index (χ3n) is 4.44. The van der Waals surface area contributed by atoms with Crippen LogP contribution in [0.25, 0.3) is 16.9 Å². The molecule has 146 valence electrons. The Labute approximate surface area is 177 Å². The highest BCUT2D eigenvalue weighted by Crippen LogP contribution is 2.25. The quantitative estimate of drug-likeness (QED) is 0.449. The highest BCUT2D eigenvalue weighted by molar-refractivity contribution is 6.35. The van der Waals surface area contributed by atoms with Crippen LogP contribution < -0.4 is 5.32 Å². The molecule has 4 rings (SSSR count). The van der Waals surface area contributed by atoms with Crippen LogP contribution in [0.4, 0.5) is 5.82 Å². The molecule has 0 fully saturated rings. The zero-order chi connectivity index (χ0) is 20.4. The Kier molecular flexibility index (Phi) is 5.38. The van der Waals surface area contributed by atoms with Gasteiger partial charge in [-0.15, -0.1) is 0 Å². The van der Waals surface area contributed by atoms with Crippen molar-refractivity contribution in [2.75, 3.05) is 12.4 Å². The van der Waals surface area contributed by atoms with E-state index >= 15 is 0 Å². The molecule has 0 saturated heterocycles. The number of esters is 1. The second-order valence-corrected chi connectivity index (χ2v) is 7.13. The van der Waals surface area contributed by atoms with Crippen LogP contribution in [0.15, 0.2) is 60.8 Å². The molecule has 8 heteroatoms. The van der Waals surface area contributed by atoms with Gasteiger partial charge < -0.3 is 10.1 Å². The smallest absolute Gasteiger partial charge is 0.337 e. The summed E-state index contributed by atoms with van der Waals surface area (Å²) in [6, 6.07) is 16.2. The van der Waals surface area contributed by atoms with E-state index in [1.54, 1.807) is 35.0 Å². The van der Waals surface area contributed by atoms with Crippen LogP contribution in [0, 0.1) is 0 Å². The number of hydrogen-bond acceptors (Lipinski definition) is 5. The number of aromatic nitrogens is 3. The third-order valence-corrected chi connectivity index (χ3v) is 5.02. The van der Waals surface area contributed by atoms with Gasteiger partial charge in [-0.2, -0.15) is 9.61 Å². The van der Waals surface area contributed by atoms with Gasteiger partial charge in [-0.1, -0.05) is 41.4 Å². The van der Waals surface area contributed by atoms with Gasteiger partial charge in [0.25, 0.3) is 0 Å². The molecule has 0 unspecified atom stereocenters. The summed E-state index contributed by atoms with van der Waals surface area (Å²) in [6.07, 6.45) is 1.69. The molecule has 2 heterocycles. The van der Waals surface area contributed by atoms with E-state index in [9.17, 15) is 4.79 Å². The molecule has 0 aliphatic rings. The molecule has 0 radical (unpaired) electrons. The average Bonchev–Trinajstić information content (AvgIpc) is 3.21. The lowest BCUT2D eigenvalue weighted by Gasteiger charge is -2.12. The van der Waals surface area contributed by atoms with Crippen LogP contribution in [-0.2, 0) is 11.3 Å². The first kappa shape index (κ1) is 19.2. The van der Waals surface area contributed by atoms with Crippen molar-refractivity contribution >= 4 is 40.6 Å². The first-order chi connectivity index (χ1) is 14.0. The number of methoxy groups -OCH3 is 1. The van der Waals surface area contributed by atoms with Crippen LogP contribution in [0.1, 0.15) is 15.9 Å². The molecular formula is C21H16Cl2N4O2. The van der Waals surface area contributed by atoms with Gasteiger partial charge in [0.05, 0.1) is 24.6 Å². The topological polar surface area (TPSA) is 68.5 Å². The Morgan fingerprint density at radius 2 is 1.90 bits per heavy atom. The van der Waals surface area contributed by atoms with E-state index in [4.69, 9.17) is 27.9 Å². The van der Waals surface area contributed by atoms with Crippen molar-refractivity contribution in [3.05, 3.63) is 82.0 Å². The zero-order valence-corrected chi connectivity index (χ0v) is 16.9. The number of hydrogen-bond donors (Lipinski definition) is 1. The molecule has 6 nitrogen and oxygen atoms in total. The number of rotatable bonds is 5. The Hall–Kier alpha value is -3.09. The standard InChI is InChI=1S/C21H16Cl2N4O2/c1-29-21(28)14-4-2-13(3-5-14)18-11-20(27-19(26-18)8-9-25-27)24-12-15-6-7-16(22)10-17(15)23/h2-11,24H,12H2,1H3. The van der Waals surface area contributed by atoms with E-state index in [0.717, 1.165) is 22.6 Å². The number of ether oxygens (including phenoxy) is 1. The molecule has 0 spiro atoms. The Balaban J connectivity index is 1.66. The van der Waals surface area contributed by atoms with Gasteiger partial charge >= 0.3 is 5.97 Å². The maximum atomic E-state index is 11.6. The number of carbonyl (C=O) groups excluding carboxylic acids is 1. The molecule has 1 N–H and O–H groups in total. The summed E-state index contributed by atoms with van der Waals surface area (Å²) in [5.41, 5.74) is 3.71. The number of carbonyl (C=O) groups is 1. The van der Waals surface area contributed by atoms with Crippen LogP contribution >= 0.6 is 23.2 Å². The Morgan fingerprint density at radius 1 is 1.10 bits per heavy atom. The summed E-state index contributed by atoms with van der Waals surface area (Å²) in [4.78, 5) is 16.3. The van der Waals surface area contributed by atoms with Gasteiger partial charge in [0.1, 0.15) is 5.82 Å². The van der Waals surface area contributed by atoms with Gasteiger partial charge in [-0.05, 0) is 29.8 Å². The van der Waals surface area contributed by atoms with Crippen molar-refractivity contribution in [3.63, 3.8) is 0 Å². The SMILES string of the molecule is COC(=O)c1ccc(-c2cc(NCc3ccc(Cl)cc3Cl)n3nccc3n2)cc1. The first-order valence-electron chi connectivity index (χ1n) is 8.76. The minimum absolute atomic E-state index is 0.377. The maximum Gasteiger partial charge on any atom is 0.337 e. The summed E-state index contributed by atoms with van der Waals surface area (Å²) >= 11 is 12.2. The molecule has 0 saturated carbocycles. The van der Waals surface area contributed by atoms with Crippen LogP contribution in [0.5, 0.6) is 0 Å². The second kappa shape index (κ2) is 8.11. The normalized spacial score (nSPS) is 10.9. The van der Waals surface area contributed by atoms with Crippen molar-refractivity contribution in [1.82, 2.24) is 14.6 Å². The van der Waals surface area contributed by atoms with E-state index in [0.29, 0.717) is 27.8 Å². The van der Waals surface area contributed by atoms with Gasteiger partial charge in [0.2, 0.25) is 0 Å². The number of halogens is 2. The fourth-order valence-electron chi connectivity index (χ4n) is 2.93. The number of nitrogens with one attached hydrogen (secondary N) is 1. The third kappa shape index (κ3) is 4.04. The van der Waals surface area contributed by atoms with Crippen molar-refractivity contribution in [3.8, 4) is 11.3 Å². The minimum atomic E-state index is -0.377. The molecule has 0 aliphatic heterocycles. The lowest BCUT2D eigenvalue weighted by molar-refractivity contribution is 0.0601. The number of nitrogens with zero attached hydrogens (tertiary/aromatic N) is 3. The molecule has 2 aromatic heterocycles. The zero-order valence-electron chi connectivity index (χ0n) is 15.4. The summed E-state index contributed by atoms with van der Waals surface area (Å²) in [7, 11) is 1.36. The Morgan fingerprint density at radius 3 is 2.62 bits per heavy atom. The Bertz CT molecular complexity index is 1190. The summed E-state index contributed by atoms with van der Waals surface area (Å²) in [5.74, 6) is 0.385. The molecule has 4 aromatic rings. The highest BCUT2D eigenvalue weighted by atomic mass is 35.5. The predicted molar refractivity (Wildman–Crippen MR) is 114 cm³/mol. The predicted octanol–water partition coefficient (Wildman–Crippen LogP) is 5.10. The fraction of sp³-hybridized carbons (Fsp3) is 0.0952. The van der Waals surface area contributed by atoms with Crippen LogP contribution in [0.2, 0.25) is 10.0 Å². The van der Waals surface area contributed by atoms with Gasteiger partial charge in [-0.3, -0.25) is 0 Å². The largest absolute Gasteiger partial charge is 0.465 e. The van der Waals surface area contributed by atoms with Gasteiger partial charge in [0.15, 0.2) is 5.65 Å².